The van der Waals surface area contributed by atoms with Crippen molar-refractivity contribution in [2.24, 2.45) is 0 Å². The third-order valence-electron chi connectivity index (χ3n) is 9.61. The smallest absolute Gasteiger partial charge is 0.0497 e. The maximum absolute atomic E-state index is 2.41. The first-order valence-corrected chi connectivity index (χ1v) is 16.9. The maximum Gasteiger partial charge on any atom is 0.0497 e. The van der Waals surface area contributed by atoms with E-state index in [0.29, 0.717) is 0 Å². The molecule has 8 aromatic rings. The molecule has 1 aliphatic heterocycles. The van der Waals surface area contributed by atoms with Gasteiger partial charge in [-0.05, 0) is 117 Å². The van der Waals surface area contributed by atoms with Gasteiger partial charge in [0.05, 0.1) is 0 Å². The molecule has 0 saturated carbocycles. The minimum atomic E-state index is 0.879. The highest BCUT2D eigenvalue weighted by molar-refractivity contribution is 5.90. The van der Waals surface area contributed by atoms with Crippen LogP contribution >= 0.6 is 0 Å². The summed E-state index contributed by atoms with van der Waals surface area (Å²) in [5.74, 6) is 0. The molecule has 0 unspecified atom stereocenters. The largest absolute Gasteiger partial charge is 0.310 e. The number of benzene rings is 8. The van der Waals surface area contributed by atoms with E-state index in [0.717, 1.165) is 23.5 Å². The summed E-state index contributed by atoms with van der Waals surface area (Å²) in [7, 11) is 0. The molecule has 9 rings (SSSR count). The summed E-state index contributed by atoms with van der Waals surface area (Å²) in [4.78, 5) is 4.75. The topological polar surface area (TPSA) is 6.48 Å². The van der Waals surface area contributed by atoms with Gasteiger partial charge in [-0.2, -0.15) is 0 Å². The van der Waals surface area contributed by atoms with Gasteiger partial charge in [-0.1, -0.05) is 121 Å². The van der Waals surface area contributed by atoms with Gasteiger partial charge in [0.1, 0.15) is 0 Å². The minimum absolute atomic E-state index is 0.879. The van der Waals surface area contributed by atoms with Crippen LogP contribution in [0.5, 0.6) is 0 Å². The lowest BCUT2D eigenvalue weighted by Crippen LogP contribution is -2.18. The molecular formula is C47H34N2. The average Bonchev–Trinajstić information content (AvgIpc) is 3.18. The van der Waals surface area contributed by atoms with Crippen LogP contribution in [0, 0.1) is 0 Å². The van der Waals surface area contributed by atoms with E-state index >= 15 is 0 Å². The second-order valence-electron chi connectivity index (χ2n) is 12.7. The molecular weight excluding hydrogens is 593 g/mol. The van der Waals surface area contributed by atoms with E-state index < -0.39 is 0 Å². The highest BCUT2D eigenvalue weighted by Gasteiger charge is 2.25. The van der Waals surface area contributed by atoms with Gasteiger partial charge in [0.25, 0.3) is 0 Å². The van der Waals surface area contributed by atoms with Gasteiger partial charge in [0, 0.05) is 40.5 Å². The fourth-order valence-corrected chi connectivity index (χ4v) is 7.21. The molecule has 0 saturated heterocycles. The van der Waals surface area contributed by atoms with E-state index in [1.807, 2.05) is 0 Å². The first-order valence-electron chi connectivity index (χ1n) is 16.9. The maximum atomic E-state index is 2.41. The monoisotopic (exact) mass is 626 g/mol. The van der Waals surface area contributed by atoms with Crippen LogP contribution in [0.15, 0.2) is 194 Å². The molecule has 2 nitrogen and oxygen atoms in total. The Balaban J connectivity index is 1.09. The molecule has 0 bridgehead atoms. The molecule has 0 fully saturated rings. The second-order valence-corrected chi connectivity index (χ2v) is 12.7. The lowest BCUT2D eigenvalue weighted by molar-refractivity contribution is 1.09. The Hall–Kier alpha value is -6.38. The standard InChI is InChI=1S/C47H34N2/c1-4-12-34(13-5-1)38-23-28-46-40(30-38)32-41-31-39(24-29-47(41)49(46)43-18-8-3-9-19-43)36-20-25-44(26-21-36)48(42-16-6-2-7-17-42)45-27-22-35-14-10-11-15-37(35)33-45/h1-31,33H,32H2. The Labute approximate surface area is 287 Å². The number of anilines is 6. The third-order valence-corrected chi connectivity index (χ3v) is 9.61. The van der Waals surface area contributed by atoms with E-state index in [1.54, 1.807) is 0 Å². The summed E-state index contributed by atoms with van der Waals surface area (Å²) in [5.41, 5.74) is 14.6. The number of hydrogen-bond acceptors (Lipinski definition) is 2. The summed E-state index contributed by atoms with van der Waals surface area (Å²) in [5, 5.41) is 2.47. The Bertz CT molecular complexity index is 2400. The van der Waals surface area contributed by atoms with Gasteiger partial charge in [-0.15, -0.1) is 0 Å². The Kier molecular flexibility index (Phi) is 7.25. The van der Waals surface area contributed by atoms with Crippen molar-refractivity contribution in [1.29, 1.82) is 0 Å². The van der Waals surface area contributed by atoms with Gasteiger partial charge in [-0.25, -0.2) is 0 Å². The zero-order valence-corrected chi connectivity index (χ0v) is 27.1. The van der Waals surface area contributed by atoms with Crippen LogP contribution in [-0.2, 0) is 6.42 Å². The van der Waals surface area contributed by atoms with Crippen molar-refractivity contribution in [3.63, 3.8) is 0 Å². The molecule has 0 aliphatic carbocycles. The van der Waals surface area contributed by atoms with Crippen molar-refractivity contribution < 1.29 is 0 Å². The van der Waals surface area contributed by atoms with E-state index in [-0.39, 0.29) is 0 Å². The van der Waals surface area contributed by atoms with Crippen molar-refractivity contribution >= 4 is 44.9 Å². The summed E-state index contributed by atoms with van der Waals surface area (Å²) in [6, 6.07) is 70.1. The summed E-state index contributed by atoms with van der Waals surface area (Å²) >= 11 is 0. The van der Waals surface area contributed by atoms with Crippen molar-refractivity contribution in [2.75, 3.05) is 9.80 Å². The van der Waals surface area contributed by atoms with Gasteiger partial charge in [0.2, 0.25) is 0 Å². The number of hydrogen-bond donors (Lipinski definition) is 0. The molecule has 0 spiro atoms. The van der Waals surface area contributed by atoms with Crippen LogP contribution in [0.1, 0.15) is 11.1 Å². The van der Waals surface area contributed by atoms with Crippen LogP contribution in [0.25, 0.3) is 33.0 Å². The fourth-order valence-electron chi connectivity index (χ4n) is 7.21. The Morgan fingerprint density at radius 1 is 0.347 bits per heavy atom. The van der Waals surface area contributed by atoms with Gasteiger partial charge >= 0.3 is 0 Å². The van der Waals surface area contributed by atoms with E-state index in [2.05, 4.69) is 204 Å². The second kappa shape index (κ2) is 12.3. The van der Waals surface area contributed by atoms with Crippen LogP contribution in [0.3, 0.4) is 0 Å². The van der Waals surface area contributed by atoms with E-state index in [9.17, 15) is 0 Å². The zero-order valence-electron chi connectivity index (χ0n) is 27.1. The molecule has 0 amide bonds. The molecule has 0 aromatic heterocycles. The predicted molar refractivity (Wildman–Crippen MR) is 207 cm³/mol. The molecule has 0 N–H and O–H groups in total. The molecule has 1 heterocycles. The van der Waals surface area contributed by atoms with Crippen LogP contribution in [0.4, 0.5) is 34.1 Å². The number of para-hydroxylation sites is 2. The average molecular weight is 627 g/mol. The van der Waals surface area contributed by atoms with Gasteiger partial charge in [-0.3, -0.25) is 0 Å². The Morgan fingerprint density at radius 2 is 0.837 bits per heavy atom. The quantitative estimate of drug-likeness (QED) is 0.181. The summed E-state index contributed by atoms with van der Waals surface area (Å²) in [6.45, 7) is 0. The van der Waals surface area contributed by atoms with Crippen LogP contribution in [0.2, 0.25) is 0 Å². The molecule has 8 aromatic carbocycles. The van der Waals surface area contributed by atoms with Crippen LogP contribution in [-0.4, -0.2) is 0 Å². The molecule has 1 aliphatic rings. The first kappa shape index (κ1) is 28.8. The van der Waals surface area contributed by atoms with Crippen molar-refractivity contribution in [3.8, 4) is 22.3 Å². The minimum Gasteiger partial charge on any atom is -0.310 e. The van der Waals surface area contributed by atoms with Gasteiger partial charge < -0.3 is 9.80 Å². The number of nitrogens with zero attached hydrogens (tertiary/aromatic N) is 2. The predicted octanol–water partition coefficient (Wildman–Crippen LogP) is 13.0. The highest BCUT2D eigenvalue weighted by atomic mass is 15.2. The van der Waals surface area contributed by atoms with Crippen molar-refractivity contribution in [1.82, 2.24) is 0 Å². The lowest BCUT2D eigenvalue weighted by atomic mass is 9.90. The lowest BCUT2D eigenvalue weighted by Gasteiger charge is -2.34. The molecule has 49 heavy (non-hydrogen) atoms. The van der Waals surface area contributed by atoms with Crippen molar-refractivity contribution in [3.05, 3.63) is 205 Å². The highest BCUT2D eigenvalue weighted by Crippen LogP contribution is 2.46. The Morgan fingerprint density at radius 3 is 1.49 bits per heavy atom. The molecule has 2 heteroatoms. The normalized spacial score (nSPS) is 12.0. The van der Waals surface area contributed by atoms with E-state index in [1.165, 1.54) is 61.2 Å². The SMILES string of the molecule is c1ccc(-c2ccc3c(c2)Cc2cc(-c4ccc(N(c5ccccc5)c5ccc6ccccc6c5)cc4)ccc2N3c2ccccc2)cc1. The van der Waals surface area contributed by atoms with E-state index in [4.69, 9.17) is 0 Å². The first-order chi connectivity index (χ1) is 24.3. The fraction of sp³-hybridized carbons (Fsp3) is 0.0213. The number of rotatable bonds is 6. The van der Waals surface area contributed by atoms with Gasteiger partial charge in [0.15, 0.2) is 0 Å². The molecule has 0 atom stereocenters. The summed E-state index contributed by atoms with van der Waals surface area (Å²) < 4.78 is 0. The molecule has 232 valence electrons. The molecule has 0 radical (unpaired) electrons. The zero-order chi connectivity index (χ0) is 32.6. The van der Waals surface area contributed by atoms with Crippen molar-refractivity contribution in [2.45, 2.75) is 6.42 Å². The number of fused-ring (bicyclic) bond motifs is 3. The third kappa shape index (κ3) is 5.44. The van der Waals surface area contributed by atoms with Crippen LogP contribution < -0.4 is 9.80 Å². The summed E-state index contributed by atoms with van der Waals surface area (Å²) in [6.07, 6.45) is 0.879.